The Hall–Kier alpha value is -1.62. The van der Waals surface area contributed by atoms with Crippen LogP contribution in [0.2, 0.25) is 0 Å². The molecule has 1 N–H and O–H groups in total. The average molecular weight is 292 g/mol. The first-order valence-electron chi connectivity index (χ1n) is 6.91. The highest BCUT2D eigenvalue weighted by Crippen LogP contribution is 2.29. The number of aromatic nitrogens is 1. The maximum Gasteiger partial charge on any atom is 0.226 e. The largest absolute Gasteiger partial charge is 0.494 e. The molecule has 0 spiro atoms. The summed E-state index contributed by atoms with van der Waals surface area (Å²) in [7, 11) is 0. The molecule has 1 heterocycles. The van der Waals surface area contributed by atoms with Crippen LogP contribution in [0, 0.1) is 5.92 Å². The van der Waals surface area contributed by atoms with Gasteiger partial charge >= 0.3 is 0 Å². The summed E-state index contributed by atoms with van der Waals surface area (Å²) in [5.74, 6) is 1.40. The Labute approximate surface area is 123 Å². The number of hydrogen-bond acceptors (Lipinski definition) is 4. The lowest BCUT2D eigenvalue weighted by molar-refractivity contribution is -0.116. The van der Waals surface area contributed by atoms with Gasteiger partial charge in [-0.05, 0) is 37.5 Å². The molecule has 0 radical (unpaired) electrons. The van der Waals surface area contributed by atoms with E-state index in [-0.39, 0.29) is 5.91 Å². The Kier molecular flexibility index (Phi) is 4.95. The predicted octanol–water partition coefficient (Wildman–Crippen LogP) is 4.07. The van der Waals surface area contributed by atoms with Gasteiger partial charge in [-0.15, -0.1) is 0 Å². The fourth-order valence-corrected chi connectivity index (χ4v) is 2.73. The van der Waals surface area contributed by atoms with Crippen LogP contribution in [0.5, 0.6) is 5.75 Å². The number of ether oxygens (including phenoxy) is 1. The number of rotatable bonds is 6. The summed E-state index contributed by atoms with van der Waals surface area (Å²) in [6.07, 6.45) is 1.43. The third-order valence-electron chi connectivity index (χ3n) is 2.87. The minimum Gasteiger partial charge on any atom is -0.494 e. The minimum absolute atomic E-state index is 0.0304. The molecule has 0 unspecified atom stereocenters. The Bertz CT molecular complexity index is 593. The average Bonchev–Trinajstić information content (AvgIpc) is 2.78. The normalized spacial score (nSPS) is 11.0. The van der Waals surface area contributed by atoms with Crippen LogP contribution in [0.4, 0.5) is 5.13 Å². The molecule has 108 valence electrons. The van der Waals surface area contributed by atoms with Crippen LogP contribution < -0.4 is 10.1 Å². The lowest BCUT2D eigenvalue weighted by atomic mass is 10.1. The van der Waals surface area contributed by atoms with Gasteiger partial charge in [-0.2, -0.15) is 0 Å². The van der Waals surface area contributed by atoms with E-state index in [1.54, 1.807) is 0 Å². The second-order valence-corrected chi connectivity index (χ2v) is 6.09. The number of carbonyl (C=O) groups is 1. The Morgan fingerprint density at radius 1 is 1.45 bits per heavy atom. The molecule has 0 bridgehead atoms. The summed E-state index contributed by atoms with van der Waals surface area (Å²) < 4.78 is 6.48. The molecular formula is C15H20N2O2S. The standard InChI is InChI=1S/C15H20N2O2S/c1-4-19-11-6-7-12-13(9-11)20-15(16-12)17-14(18)8-5-10(2)3/h6-7,9-10H,4-5,8H2,1-3H3,(H,16,17,18). The van der Waals surface area contributed by atoms with Crippen LogP contribution >= 0.6 is 11.3 Å². The topological polar surface area (TPSA) is 51.2 Å². The monoisotopic (exact) mass is 292 g/mol. The van der Waals surface area contributed by atoms with Crippen molar-refractivity contribution in [3.8, 4) is 5.75 Å². The van der Waals surface area contributed by atoms with E-state index in [2.05, 4.69) is 24.1 Å². The zero-order chi connectivity index (χ0) is 14.5. The van der Waals surface area contributed by atoms with E-state index in [0.29, 0.717) is 24.1 Å². The fourth-order valence-electron chi connectivity index (χ4n) is 1.82. The summed E-state index contributed by atoms with van der Waals surface area (Å²) in [6.45, 7) is 6.82. The fraction of sp³-hybridized carbons (Fsp3) is 0.467. The van der Waals surface area contributed by atoms with Crippen molar-refractivity contribution in [2.75, 3.05) is 11.9 Å². The Morgan fingerprint density at radius 2 is 2.25 bits per heavy atom. The second kappa shape index (κ2) is 6.70. The maximum atomic E-state index is 11.8. The molecule has 5 heteroatoms. The molecule has 0 atom stereocenters. The van der Waals surface area contributed by atoms with E-state index >= 15 is 0 Å². The van der Waals surface area contributed by atoms with Gasteiger partial charge in [-0.1, -0.05) is 25.2 Å². The molecule has 0 saturated carbocycles. The number of fused-ring (bicyclic) bond motifs is 1. The van der Waals surface area contributed by atoms with Gasteiger partial charge < -0.3 is 10.1 Å². The zero-order valence-corrected chi connectivity index (χ0v) is 12.9. The Balaban J connectivity index is 2.05. The molecule has 2 aromatic rings. The minimum atomic E-state index is 0.0304. The van der Waals surface area contributed by atoms with Crippen molar-refractivity contribution in [3.63, 3.8) is 0 Å². The maximum absolute atomic E-state index is 11.8. The van der Waals surface area contributed by atoms with Crippen molar-refractivity contribution < 1.29 is 9.53 Å². The summed E-state index contributed by atoms with van der Waals surface area (Å²) in [6, 6.07) is 5.77. The lowest BCUT2D eigenvalue weighted by Crippen LogP contribution is -2.11. The van der Waals surface area contributed by atoms with Gasteiger partial charge in [-0.25, -0.2) is 4.98 Å². The number of thiazole rings is 1. The highest BCUT2D eigenvalue weighted by Gasteiger charge is 2.09. The van der Waals surface area contributed by atoms with E-state index in [4.69, 9.17) is 4.74 Å². The smallest absolute Gasteiger partial charge is 0.226 e. The van der Waals surface area contributed by atoms with Crippen LogP contribution in [0.3, 0.4) is 0 Å². The van der Waals surface area contributed by atoms with Gasteiger partial charge in [0.25, 0.3) is 0 Å². The SMILES string of the molecule is CCOc1ccc2nc(NC(=O)CCC(C)C)sc2c1. The van der Waals surface area contributed by atoms with E-state index in [9.17, 15) is 4.79 Å². The molecule has 0 aliphatic heterocycles. The third-order valence-corrected chi connectivity index (χ3v) is 3.80. The molecule has 4 nitrogen and oxygen atoms in total. The number of amides is 1. The molecule has 20 heavy (non-hydrogen) atoms. The number of nitrogens with one attached hydrogen (secondary N) is 1. The molecule has 1 aromatic carbocycles. The first-order chi connectivity index (χ1) is 9.58. The van der Waals surface area contributed by atoms with E-state index < -0.39 is 0 Å². The van der Waals surface area contributed by atoms with Gasteiger partial charge in [-0.3, -0.25) is 4.79 Å². The first-order valence-corrected chi connectivity index (χ1v) is 7.73. The van der Waals surface area contributed by atoms with Crippen LogP contribution in [0.25, 0.3) is 10.2 Å². The van der Waals surface area contributed by atoms with Gasteiger partial charge in [0, 0.05) is 6.42 Å². The molecule has 1 aromatic heterocycles. The summed E-state index contributed by atoms with van der Waals surface area (Å²) in [5, 5.41) is 3.52. The van der Waals surface area contributed by atoms with Crippen molar-refractivity contribution in [1.82, 2.24) is 4.98 Å². The van der Waals surface area contributed by atoms with Crippen LogP contribution in [-0.2, 0) is 4.79 Å². The number of hydrogen-bond donors (Lipinski definition) is 1. The number of nitrogens with zero attached hydrogens (tertiary/aromatic N) is 1. The highest BCUT2D eigenvalue weighted by atomic mass is 32.1. The van der Waals surface area contributed by atoms with Crippen molar-refractivity contribution in [2.24, 2.45) is 5.92 Å². The van der Waals surface area contributed by atoms with Gasteiger partial charge in [0.2, 0.25) is 5.91 Å². The van der Waals surface area contributed by atoms with Crippen LogP contribution in [0.15, 0.2) is 18.2 Å². The molecule has 0 fully saturated rings. The van der Waals surface area contributed by atoms with Crippen molar-refractivity contribution in [1.29, 1.82) is 0 Å². The van der Waals surface area contributed by atoms with Crippen molar-refractivity contribution in [3.05, 3.63) is 18.2 Å². The summed E-state index contributed by atoms with van der Waals surface area (Å²) in [5.41, 5.74) is 0.887. The number of benzene rings is 1. The third kappa shape index (κ3) is 3.93. The van der Waals surface area contributed by atoms with E-state index in [1.807, 2.05) is 25.1 Å². The van der Waals surface area contributed by atoms with Crippen molar-refractivity contribution >= 4 is 32.6 Å². The van der Waals surface area contributed by atoms with E-state index in [1.165, 1.54) is 11.3 Å². The van der Waals surface area contributed by atoms with Crippen LogP contribution in [0.1, 0.15) is 33.6 Å². The summed E-state index contributed by atoms with van der Waals surface area (Å²) >= 11 is 1.48. The van der Waals surface area contributed by atoms with Crippen molar-refractivity contribution in [2.45, 2.75) is 33.6 Å². The zero-order valence-electron chi connectivity index (χ0n) is 12.1. The molecule has 1 amide bonds. The van der Waals surface area contributed by atoms with E-state index in [0.717, 1.165) is 22.4 Å². The van der Waals surface area contributed by atoms with Gasteiger partial charge in [0.15, 0.2) is 5.13 Å². The summed E-state index contributed by atoms with van der Waals surface area (Å²) in [4.78, 5) is 16.2. The Morgan fingerprint density at radius 3 is 2.95 bits per heavy atom. The molecular weight excluding hydrogens is 272 g/mol. The lowest BCUT2D eigenvalue weighted by Gasteiger charge is -2.03. The quantitative estimate of drug-likeness (QED) is 0.873. The number of anilines is 1. The van der Waals surface area contributed by atoms with Gasteiger partial charge in [0.1, 0.15) is 5.75 Å². The molecule has 0 aliphatic rings. The first kappa shape index (κ1) is 14.8. The number of carbonyl (C=O) groups excluding carboxylic acids is 1. The highest BCUT2D eigenvalue weighted by molar-refractivity contribution is 7.22. The molecule has 0 saturated heterocycles. The molecule has 2 rings (SSSR count). The van der Waals surface area contributed by atoms with Gasteiger partial charge in [0.05, 0.1) is 16.8 Å². The second-order valence-electron chi connectivity index (χ2n) is 5.06. The predicted molar refractivity (Wildman–Crippen MR) is 83.5 cm³/mol. The van der Waals surface area contributed by atoms with Crippen LogP contribution in [-0.4, -0.2) is 17.5 Å². The molecule has 0 aliphatic carbocycles.